The first kappa shape index (κ1) is 18.9. The van der Waals surface area contributed by atoms with Crippen LogP contribution in [-0.4, -0.2) is 48.6 Å². The summed E-state index contributed by atoms with van der Waals surface area (Å²) in [5, 5.41) is 7.01. The first-order chi connectivity index (χ1) is 13.3. The molecule has 1 aromatic rings. The van der Waals surface area contributed by atoms with E-state index in [1.807, 2.05) is 30.3 Å². The van der Waals surface area contributed by atoms with E-state index < -0.39 is 0 Å². The molecule has 3 fully saturated rings. The monoisotopic (exact) mass is 369 g/mol. The normalized spacial score (nSPS) is 29.0. The van der Waals surface area contributed by atoms with Gasteiger partial charge in [-0.1, -0.05) is 37.5 Å². The standard InChI is InChI=1S/C23H35N3O/c27-23(19-9-5-2-6-10-19)25-20-15-21-11-12-22(16-20)26(21)14-13-24-17-18-7-3-1-4-8-18/h2,5-6,9-10,18,20-22,24H,1,3-4,7-8,11-17H2,(H,25,27). The Hall–Kier alpha value is -1.39. The molecule has 1 aliphatic carbocycles. The quantitative estimate of drug-likeness (QED) is 0.722. The Balaban J connectivity index is 1.20. The Morgan fingerprint density at radius 3 is 2.37 bits per heavy atom. The summed E-state index contributed by atoms with van der Waals surface area (Å²) in [5.74, 6) is 0.997. The molecule has 4 nitrogen and oxygen atoms in total. The highest BCUT2D eigenvalue weighted by Crippen LogP contribution is 2.35. The van der Waals surface area contributed by atoms with Crippen LogP contribution in [-0.2, 0) is 0 Å². The van der Waals surface area contributed by atoms with Gasteiger partial charge in [-0.25, -0.2) is 0 Å². The molecule has 0 aromatic heterocycles. The molecule has 1 amide bonds. The van der Waals surface area contributed by atoms with Crippen molar-refractivity contribution in [1.29, 1.82) is 0 Å². The zero-order chi connectivity index (χ0) is 18.5. The summed E-state index contributed by atoms with van der Waals surface area (Å²) in [6.07, 6.45) is 12.0. The molecular formula is C23H35N3O. The fourth-order valence-corrected chi connectivity index (χ4v) is 5.52. The van der Waals surface area contributed by atoms with E-state index in [4.69, 9.17) is 0 Å². The number of benzene rings is 1. The van der Waals surface area contributed by atoms with E-state index in [1.54, 1.807) is 0 Å². The number of carbonyl (C=O) groups is 1. The van der Waals surface area contributed by atoms with Crippen LogP contribution in [0.15, 0.2) is 30.3 Å². The number of nitrogens with one attached hydrogen (secondary N) is 2. The molecule has 1 saturated carbocycles. The van der Waals surface area contributed by atoms with E-state index in [-0.39, 0.29) is 5.91 Å². The van der Waals surface area contributed by atoms with E-state index in [1.165, 1.54) is 58.0 Å². The van der Waals surface area contributed by atoms with Gasteiger partial charge in [-0.2, -0.15) is 0 Å². The van der Waals surface area contributed by atoms with Crippen LogP contribution in [0.5, 0.6) is 0 Å². The first-order valence-corrected chi connectivity index (χ1v) is 11.1. The Labute approximate surface area is 164 Å². The Bertz CT molecular complexity index is 585. The molecule has 2 heterocycles. The van der Waals surface area contributed by atoms with Crippen molar-refractivity contribution in [3.8, 4) is 0 Å². The molecule has 1 aromatic carbocycles. The van der Waals surface area contributed by atoms with Crippen molar-refractivity contribution in [2.45, 2.75) is 75.9 Å². The van der Waals surface area contributed by atoms with Crippen molar-refractivity contribution in [3.63, 3.8) is 0 Å². The number of nitrogens with zero attached hydrogens (tertiary/aromatic N) is 1. The van der Waals surface area contributed by atoms with Gasteiger partial charge in [0.2, 0.25) is 0 Å². The summed E-state index contributed by atoms with van der Waals surface area (Å²) in [5.41, 5.74) is 0.777. The number of hydrogen-bond donors (Lipinski definition) is 2. The van der Waals surface area contributed by atoms with Gasteiger partial charge in [-0.3, -0.25) is 9.69 Å². The van der Waals surface area contributed by atoms with Gasteiger partial charge in [0.05, 0.1) is 0 Å². The molecule has 2 atom stereocenters. The highest BCUT2D eigenvalue weighted by atomic mass is 16.1. The largest absolute Gasteiger partial charge is 0.349 e. The summed E-state index contributed by atoms with van der Waals surface area (Å²) in [4.78, 5) is 15.2. The molecule has 2 bridgehead atoms. The zero-order valence-corrected chi connectivity index (χ0v) is 16.5. The van der Waals surface area contributed by atoms with Gasteiger partial charge in [-0.05, 0) is 63.1 Å². The van der Waals surface area contributed by atoms with E-state index >= 15 is 0 Å². The molecule has 27 heavy (non-hydrogen) atoms. The predicted molar refractivity (Wildman–Crippen MR) is 110 cm³/mol. The van der Waals surface area contributed by atoms with Crippen LogP contribution in [0.25, 0.3) is 0 Å². The van der Waals surface area contributed by atoms with Gasteiger partial charge < -0.3 is 10.6 Å². The minimum absolute atomic E-state index is 0.0857. The molecular weight excluding hydrogens is 334 g/mol. The van der Waals surface area contributed by atoms with E-state index in [9.17, 15) is 4.79 Å². The number of rotatable bonds is 7. The van der Waals surface area contributed by atoms with Gasteiger partial charge in [0.1, 0.15) is 0 Å². The van der Waals surface area contributed by atoms with E-state index in [0.29, 0.717) is 18.1 Å². The van der Waals surface area contributed by atoms with Crippen LogP contribution < -0.4 is 10.6 Å². The Morgan fingerprint density at radius 2 is 1.67 bits per heavy atom. The van der Waals surface area contributed by atoms with Crippen LogP contribution in [0.2, 0.25) is 0 Å². The minimum atomic E-state index is 0.0857. The fraction of sp³-hybridized carbons (Fsp3) is 0.696. The minimum Gasteiger partial charge on any atom is -0.349 e. The second-order valence-electron chi connectivity index (χ2n) is 8.84. The summed E-state index contributed by atoms with van der Waals surface area (Å²) < 4.78 is 0. The van der Waals surface area contributed by atoms with Crippen LogP contribution >= 0.6 is 0 Å². The van der Waals surface area contributed by atoms with Crippen LogP contribution in [0.1, 0.15) is 68.1 Å². The van der Waals surface area contributed by atoms with Gasteiger partial charge in [0.25, 0.3) is 5.91 Å². The molecule has 148 valence electrons. The molecule has 2 N–H and O–H groups in total. The highest BCUT2D eigenvalue weighted by molar-refractivity contribution is 5.94. The summed E-state index contributed by atoms with van der Waals surface area (Å²) >= 11 is 0. The lowest BCUT2D eigenvalue weighted by Gasteiger charge is -2.39. The van der Waals surface area contributed by atoms with Crippen LogP contribution in [0.3, 0.4) is 0 Å². The Morgan fingerprint density at radius 1 is 0.963 bits per heavy atom. The third kappa shape index (κ3) is 4.91. The number of fused-ring (bicyclic) bond motifs is 2. The van der Waals surface area contributed by atoms with Crippen LogP contribution in [0.4, 0.5) is 0 Å². The van der Waals surface area contributed by atoms with Gasteiger partial charge in [0.15, 0.2) is 0 Å². The van der Waals surface area contributed by atoms with Crippen molar-refractivity contribution < 1.29 is 4.79 Å². The number of hydrogen-bond acceptors (Lipinski definition) is 3. The molecule has 2 saturated heterocycles. The average molecular weight is 370 g/mol. The van der Waals surface area contributed by atoms with E-state index in [0.717, 1.165) is 30.9 Å². The molecule has 4 heteroatoms. The predicted octanol–water partition coefficient (Wildman–Crippen LogP) is 3.58. The van der Waals surface area contributed by atoms with Crippen LogP contribution in [0, 0.1) is 5.92 Å². The topological polar surface area (TPSA) is 44.4 Å². The second-order valence-corrected chi connectivity index (χ2v) is 8.84. The van der Waals surface area contributed by atoms with Gasteiger partial charge >= 0.3 is 0 Å². The number of piperidine rings is 1. The van der Waals surface area contributed by atoms with Gasteiger partial charge in [-0.15, -0.1) is 0 Å². The van der Waals surface area contributed by atoms with Crippen molar-refractivity contribution in [3.05, 3.63) is 35.9 Å². The lowest BCUT2D eigenvalue weighted by molar-refractivity contribution is 0.0846. The summed E-state index contributed by atoms with van der Waals surface area (Å²) in [6, 6.07) is 11.3. The summed E-state index contributed by atoms with van der Waals surface area (Å²) in [6.45, 7) is 3.49. The van der Waals surface area contributed by atoms with Crippen molar-refractivity contribution >= 4 is 5.91 Å². The maximum Gasteiger partial charge on any atom is 0.251 e. The van der Waals surface area contributed by atoms with Gasteiger partial charge in [0, 0.05) is 36.8 Å². The highest BCUT2D eigenvalue weighted by Gasteiger charge is 2.40. The number of amides is 1. The summed E-state index contributed by atoms with van der Waals surface area (Å²) in [7, 11) is 0. The SMILES string of the molecule is O=C(NC1CC2CCC(C1)N2CCNCC1CCCCC1)c1ccccc1. The fourth-order valence-electron chi connectivity index (χ4n) is 5.52. The molecule has 4 rings (SSSR count). The zero-order valence-electron chi connectivity index (χ0n) is 16.5. The van der Waals surface area contributed by atoms with Crippen molar-refractivity contribution in [2.75, 3.05) is 19.6 Å². The molecule has 2 unspecified atom stereocenters. The van der Waals surface area contributed by atoms with Crippen molar-refractivity contribution in [2.24, 2.45) is 5.92 Å². The lowest BCUT2D eigenvalue weighted by atomic mass is 9.89. The van der Waals surface area contributed by atoms with Crippen molar-refractivity contribution in [1.82, 2.24) is 15.5 Å². The first-order valence-electron chi connectivity index (χ1n) is 11.1. The third-order valence-electron chi connectivity index (χ3n) is 6.96. The maximum absolute atomic E-state index is 12.5. The molecule has 2 aliphatic heterocycles. The molecule has 3 aliphatic rings. The van der Waals surface area contributed by atoms with E-state index in [2.05, 4.69) is 15.5 Å². The Kier molecular flexibility index (Phi) is 6.46. The average Bonchev–Trinajstić information content (AvgIpc) is 2.95. The third-order valence-corrected chi connectivity index (χ3v) is 6.96. The maximum atomic E-state index is 12.5. The molecule has 0 spiro atoms. The number of carbonyl (C=O) groups excluding carboxylic acids is 1. The second kappa shape index (κ2) is 9.20. The smallest absolute Gasteiger partial charge is 0.251 e. The molecule has 0 radical (unpaired) electrons. The lowest BCUT2D eigenvalue weighted by Crippen LogP contribution is -2.51.